The van der Waals surface area contributed by atoms with Gasteiger partial charge in [-0.1, -0.05) is 37.1 Å². The summed E-state index contributed by atoms with van der Waals surface area (Å²) in [5.74, 6) is 1.83. The molecular weight excluding hydrogens is 596 g/mol. The number of pyridine rings is 1. The molecule has 11 heteroatoms. The second kappa shape index (κ2) is 11.7. The summed E-state index contributed by atoms with van der Waals surface area (Å²) in [5, 5.41) is 1.52. The first-order valence-corrected chi connectivity index (χ1v) is 16.5. The summed E-state index contributed by atoms with van der Waals surface area (Å²) < 4.78 is 50.6. The second-order valence-corrected chi connectivity index (χ2v) is 14.1. The summed E-state index contributed by atoms with van der Waals surface area (Å²) in [4.78, 5) is 31.3. The molecule has 3 atom stereocenters. The highest BCUT2D eigenvalue weighted by atomic mass is 32.2. The minimum absolute atomic E-state index is 0.00947. The molecule has 1 amide bonds. The largest absolute Gasteiger partial charge is 0.609 e. The van der Waals surface area contributed by atoms with E-state index in [1.54, 1.807) is 36.1 Å². The number of aryl methyl sites for hydroxylation is 1. The molecule has 0 spiro atoms. The van der Waals surface area contributed by atoms with Crippen LogP contribution in [0, 0.1) is 24.0 Å². The van der Waals surface area contributed by atoms with Crippen LogP contribution in [0.5, 0.6) is 0 Å². The summed E-state index contributed by atoms with van der Waals surface area (Å²) >= 11 is -1.58. The Morgan fingerprint density at radius 1 is 1.13 bits per heavy atom. The average Bonchev–Trinajstić information content (AvgIpc) is 3.17. The van der Waals surface area contributed by atoms with Gasteiger partial charge in [-0.15, -0.1) is 6.42 Å². The lowest BCUT2D eigenvalue weighted by atomic mass is 9.95. The molecular formula is C34H35F2N5O3S. The number of anilines is 1. The monoisotopic (exact) mass is 631 g/mol. The average molecular weight is 632 g/mol. The molecule has 0 radical (unpaired) electrons. The lowest BCUT2D eigenvalue weighted by Crippen LogP contribution is -2.60. The molecule has 1 saturated heterocycles. The van der Waals surface area contributed by atoms with Crippen LogP contribution < -0.4 is 4.90 Å². The third-order valence-corrected chi connectivity index (χ3v) is 9.58. The Morgan fingerprint density at radius 3 is 2.60 bits per heavy atom. The van der Waals surface area contributed by atoms with E-state index in [2.05, 4.69) is 15.8 Å². The first-order valence-electron chi connectivity index (χ1n) is 15.2. The summed E-state index contributed by atoms with van der Waals surface area (Å²) in [6, 6.07) is 7.74. The molecule has 2 aliphatic heterocycles. The molecule has 234 valence electrons. The molecule has 0 N–H and O–H groups in total. The number of terminal acetylenes is 1. The van der Waals surface area contributed by atoms with Crippen LogP contribution in [0.1, 0.15) is 58.7 Å². The van der Waals surface area contributed by atoms with Crippen LogP contribution in [0.3, 0.4) is 0 Å². The van der Waals surface area contributed by atoms with Crippen LogP contribution in [0.4, 0.5) is 19.4 Å². The van der Waals surface area contributed by atoms with Gasteiger partial charge in [0.15, 0.2) is 5.82 Å². The molecule has 0 bridgehead atoms. The highest BCUT2D eigenvalue weighted by molar-refractivity contribution is 7.91. The van der Waals surface area contributed by atoms with E-state index >= 15 is 4.39 Å². The molecule has 2 aromatic heterocycles. The number of amides is 1. The van der Waals surface area contributed by atoms with E-state index in [1.165, 1.54) is 6.07 Å². The van der Waals surface area contributed by atoms with Gasteiger partial charge in [0.25, 0.3) is 0 Å². The zero-order valence-electron chi connectivity index (χ0n) is 26.0. The molecule has 0 saturated carbocycles. The van der Waals surface area contributed by atoms with E-state index in [0.29, 0.717) is 65.6 Å². The van der Waals surface area contributed by atoms with Crippen molar-refractivity contribution in [3.63, 3.8) is 0 Å². The highest BCUT2D eigenvalue weighted by Crippen LogP contribution is 2.41. The number of hydrogen-bond donors (Lipinski definition) is 0. The fourth-order valence-electron chi connectivity index (χ4n) is 6.35. The molecule has 8 nitrogen and oxygen atoms in total. The Morgan fingerprint density at radius 2 is 1.91 bits per heavy atom. The smallest absolute Gasteiger partial charge is 0.410 e. The van der Waals surface area contributed by atoms with Crippen molar-refractivity contribution in [3.8, 4) is 23.6 Å². The maximum Gasteiger partial charge on any atom is 0.410 e. The number of halogens is 2. The second-order valence-electron chi connectivity index (χ2n) is 12.4. The predicted molar refractivity (Wildman–Crippen MR) is 172 cm³/mol. The van der Waals surface area contributed by atoms with Crippen molar-refractivity contribution >= 4 is 44.8 Å². The van der Waals surface area contributed by atoms with Crippen molar-refractivity contribution in [2.24, 2.45) is 0 Å². The van der Waals surface area contributed by atoms with Crippen molar-refractivity contribution in [2.45, 2.75) is 76.7 Å². The van der Waals surface area contributed by atoms with Crippen molar-refractivity contribution in [2.75, 3.05) is 23.7 Å². The quantitative estimate of drug-likeness (QED) is 0.147. The van der Waals surface area contributed by atoms with Crippen molar-refractivity contribution < 1.29 is 22.9 Å². The predicted octanol–water partition coefficient (Wildman–Crippen LogP) is 6.38. The van der Waals surface area contributed by atoms with Gasteiger partial charge < -0.3 is 19.1 Å². The number of benzene rings is 2. The summed E-state index contributed by atoms with van der Waals surface area (Å²) in [5.41, 5.74) is 0.299. The number of rotatable bonds is 4. The molecule has 6 rings (SSSR count). The van der Waals surface area contributed by atoms with Crippen molar-refractivity contribution in [3.05, 3.63) is 53.2 Å². The van der Waals surface area contributed by atoms with Gasteiger partial charge in [0.1, 0.15) is 34.2 Å². The third kappa shape index (κ3) is 5.44. The SMILES string of the molecule is C#Cc1c(F)ccc2cccc(-c3nc4c5c(nc([S+]([O-])CC)nc5c3F)N3C[C@@H](CC)N(C(=O)OC(C)(C)C)C[C@H]3CC4)c12. The lowest BCUT2D eigenvalue weighted by molar-refractivity contribution is 0.00972. The molecule has 1 unspecified atom stereocenters. The van der Waals surface area contributed by atoms with Crippen molar-refractivity contribution in [1.29, 1.82) is 0 Å². The number of fused-ring (bicyclic) bond motifs is 3. The molecule has 2 aliphatic rings. The van der Waals surface area contributed by atoms with E-state index in [-0.39, 0.29) is 45.9 Å². The number of nitrogens with zero attached hydrogens (tertiary/aromatic N) is 5. The Kier molecular flexibility index (Phi) is 8.08. The number of ether oxygens (including phenoxy) is 1. The van der Waals surface area contributed by atoms with E-state index in [1.807, 2.05) is 27.7 Å². The standard InChI is InChI=1S/C34H35F2N5O3S/c1-7-20-17-40-21(18-41(20)33(42)44-34(4,5)6)14-16-25-27-30(38-32(39-31(27)40)45(43)9-3)28(36)29(37-25)23-12-10-11-19-13-15-24(35)22(8-2)26(19)23/h2,10-13,15,20-21H,7,9,14,16-18H2,1,3-6H3/t20-,21-,45?/m1/s1. The van der Waals surface area contributed by atoms with Gasteiger partial charge in [-0.25, -0.2) is 18.6 Å². The number of piperazine rings is 1. The first-order chi connectivity index (χ1) is 21.4. The molecule has 45 heavy (non-hydrogen) atoms. The number of aromatic nitrogens is 3. The Bertz CT molecular complexity index is 1870. The van der Waals surface area contributed by atoms with E-state index in [0.717, 1.165) is 0 Å². The van der Waals surface area contributed by atoms with Gasteiger partial charge >= 0.3 is 11.2 Å². The minimum atomic E-state index is -1.58. The maximum absolute atomic E-state index is 16.8. The summed E-state index contributed by atoms with van der Waals surface area (Å²) in [7, 11) is 0. The van der Waals surface area contributed by atoms with Crippen LogP contribution >= 0.6 is 0 Å². The third-order valence-electron chi connectivity index (χ3n) is 8.46. The maximum atomic E-state index is 16.8. The molecule has 4 aromatic rings. The fraction of sp³-hybridized carbons (Fsp3) is 0.412. The van der Waals surface area contributed by atoms with Crippen LogP contribution in [0.25, 0.3) is 32.9 Å². The fourth-order valence-corrected chi connectivity index (χ4v) is 6.99. The van der Waals surface area contributed by atoms with Crippen LogP contribution in [-0.4, -0.2) is 67.0 Å². The van der Waals surface area contributed by atoms with Gasteiger partial charge in [-0.3, -0.25) is 0 Å². The van der Waals surface area contributed by atoms with Gasteiger partial charge in [0.05, 0.1) is 22.7 Å². The Labute approximate surface area is 264 Å². The molecule has 1 fully saturated rings. The highest BCUT2D eigenvalue weighted by Gasteiger charge is 2.41. The zero-order valence-corrected chi connectivity index (χ0v) is 26.8. The van der Waals surface area contributed by atoms with Gasteiger partial charge in [-0.05, 0) is 58.4 Å². The molecule has 0 aliphatic carbocycles. The van der Waals surface area contributed by atoms with E-state index < -0.39 is 28.4 Å². The molecule has 4 heterocycles. The van der Waals surface area contributed by atoms with Gasteiger partial charge in [0.2, 0.25) is 0 Å². The molecule has 2 aromatic carbocycles. The van der Waals surface area contributed by atoms with E-state index in [4.69, 9.17) is 21.1 Å². The number of hydrogen-bond acceptors (Lipinski definition) is 7. The summed E-state index contributed by atoms with van der Waals surface area (Å²) in [6.07, 6.45) is 7.04. The topological polar surface area (TPSA) is 94.5 Å². The number of carbonyl (C=O) groups is 1. The van der Waals surface area contributed by atoms with Crippen molar-refractivity contribution in [1.82, 2.24) is 19.9 Å². The van der Waals surface area contributed by atoms with Gasteiger partial charge in [-0.2, -0.15) is 9.97 Å². The van der Waals surface area contributed by atoms with Crippen LogP contribution in [-0.2, 0) is 22.3 Å². The Balaban J connectivity index is 1.56. The summed E-state index contributed by atoms with van der Waals surface area (Å²) in [6.45, 7) is 10.1. The van der Waals surface area contributed by atoms with Crippen LogP contribution in [0.2, 0.25) is 0 Å². The normalized spacial score (nSPS) is 18.8. The van der Waals surface area contributed by atoms with Crippen LogP contribution in [0.15, 0.2) is 35.5 Å². The van der Waals surface area contributed by atoms with E-state index in [9.17, 15) is 13.7 Å². The zero-order chi connectivity index (χ0) is 32.2. The first kappa shape index (κ1) is 31.0. The minimum Gasteiger partial charge on any atom is -0.609 e. The lowest BCUT2D eigenvalue weighted by Gasteiger charge is -2.46. The number of carbonyl (C=O) groups excluding carboxylic acids is 1. The van der Waals surface area contributed by atoms with Gasteiger partial charge in [0, 0.05) is 41.3 Å². The Hall–Kier alpha value is -4.01.